The highest BCUT2D eigenvalue weighted by Gasteiger charge is 2.05. The summed E-state index contributed by atoms with van der Waals surface area (Å²) < 4.78 is 5.71. The molecule has 0 aliphatic rings. The second-order valence-corrected chi connectivity index (χ2v) is 6.08. The first kappa shape index (κ1) is 14.3. The molecule has 4 nitrogen and oxygen atoms in total. The van der Waals surface area contributed by atoms with Gasteiger partial charge in [-0.25, -0.2) is 4.79 Å². The number of para-hydroxylation sites is 1. The molecule has 2 aromatic rings. The van der Waals surface area contributed by atoms with Crippen LogP contribution in [0.15, 0.2) is 41.3 Å². The Labute approximate surface area is 124 Å². The zero-order valence-corrected chi connectivity index (χ0v) is 12.7. The summed E-state index contributed by atoms with van der Waals surface area (Å²) in [6, 6.07) is 9.74. The summed E-state index contributed by atoms with van der Waals surface area (Å²) in [4.78, 5) is 16.2. The van der Waals surface area contributed by atoms with E-state index in [2.05, 4.69) is 25.9 Å². The molecule has 0 bridgehead atoms. The lowest BCUT2D eigenvalue weighted by Gasteiger charge is -2.12. The van der Waals surface area contributed by atoms with Gasteiger partial charge in [-0.1, -0.05) is 18.2 Å². The van der Waals surface area contributed by atoms with Crippen LogP contribution in [0.3, 0.4) is 0 Å². The van der Waals surface area contributed by atoms with Gasteiger partial charge in [0.2, 0.25) is 0 Å². The molecule has 1 aromatic heterocycles. The Morgan fingerprint density at radius 2 is 2.11 bits per heavy atom. The molecule has 6 heteroatoms. The van der Waals surface area contributed by atoms with Crippen molar-refractivity contribution in [3.8, 4) is 5.75 Å². The minimum Gasteiger partial charge on any atom is -0.479 e. The molecule has 2 N–H and O–H groups in total. The van der Waals surface area contributed by atoms with Crippen LogP contribution in [-0.2, 0) is 5.75 Å². The number of halogens is 1. The molecular weight excluding hydrogens is 328 g/mol. The van der Waals surface area contributed by atoms with Crippen molar-refractivity contribution in [1.82, 2.24) is 9.97 Å². The van der Waals surface area contributed by atoms with Crippen LogP contribution >= 0.6 is 27.7 Å². The molecule has 1 heterocycles. The lowest BCUT2D eigenvalue weighted by Crippen LogP contribution is -2.09. The van der Waals surface area contributed by atoms with Gasteiger partial charge in [-0.3, -0.25) is 0 Å². The number of nitrogens with one attached hydrogen (secondary N) is 2. The van der Waals surface area contributed by atoms with Crippen molar-refractivity contribution in [3.05, 3.63) is 52.7 Å². The molecule has 19 heavy (non-hydrogen) atoms. The average Bonchev–Trinajstić information content (AvgIpc) is 2.82. The van der Waals surface area contributed by atoms with E-state index in [1.165, 1.54) is 0 Å². The Morgan fingerprint density at radius 3 is 2.79 bits per heavy atom. The molecule has 0 fully saturated rings. The van der Waals surface area contributed by atoms with E-state index >= 15 is 0 Å². The van der Waals surface area contributed by atoms with E-state index in [0.29, 0.717) is 0 Å². The number of hydrogen-bond acceptors (Lipinski definition) is 3. The fraction of sp³-hybridized carbons (Fsp3) is 0.308. The third-order valence-corrected chi connectivity index (χ3v) is 4.09. The lowest BCUT2D eigenvalue weighted by molar-refractivity contribution is 0.291. The number of H-pyrrole nitrogens is 2. The van der Waals surface area contributed by atoms with Gasteiger partial charge in [0.25, 0.3) is 0 Å². The summed E-state index contributed by atoms with van der Waals surface area (Å²) >= 11 is 5.26. The maximum Gasteiger partial charge on any atom is 0.323 e. The Bertz CT molecular complexity index is 541. The zero-order valence-electron chi connectivity index (χ0n) is 10.3. The summed E-state index contributed by atoms with van der Waals surface area (Å²) in [5.41, 5.74) is 0.770. The van der Waals surface area contributed by atoms with E-state index < -0.39 is 0 Å². The van der Waals surface area contributed by atoms with E-state index in [4.69, 9.17) is 4.74 Å². The van der Waals surface area contributed by atoms with Gasteiger partial charge >= 0.3 is 5.69 Å². The molecule has 0 aliphatic carbocycles. The number of ether oxygens (including phenoxy) is 1. The number of aromatic amines is 2. The highest BCUT2D eigenvalue weighted by atomic mass is 79.9. The Kier molecular flexibility index (Phi) is 5.60. The normalized spacial score (nSPS) is 12.3. The average molecular weight is 343 g/mol. The summed E-state index contributed by atoms with van der Waals surface area (Å²) in [5.74, 6) is 2.61. The first-order chi connectivity index (χ1) is 9.24. The van der Waals surface area contributed by atoms with Crippen LogP contribution in [0.2, 0.25) is 0 Å². The van der Waals surface area contributed by atoms with E-state index in [-0.39, 0.29) is 10.7 Å². The summed E-state index contributed by atoms with van der Waals surface area (Å²) in [7, 11) is 0. The van der Waals surface area contributed by atoms with E-state index in [9.17, 15) is 4.79 Å². The first-order valence-corrected chi connectivity index (χ1v) is 8.01. The molecule has 102 valence electrons. The number of alkyl halides is 1. The van der Waals surface area contributed by atoms with Gasteiger partial charge in [-0.2, -0.15) is 11.8 Å². The fourth-order valence-electron chi connectivity index (χ4n) is 1.51. The molecule has 0 saturated carbocycles. The van der Waals surface area contributed by atoms with E-state index in [0.717, 1.165) is 29.4 Å². The molecule has 0 radical (unpaired) electrons. The van der Waals surface area contributed by atoms with Gasteiger partial charge in [0.15, 0.2) is 5.01 Å². The van der Waals surface area contributed by atoms with Crippen molar-refractivity contribution in [3.63, 3.8) is 0 Å². The van der Waals surface area contributed by atoms with Crippen molar-refractivity contribution in [2.45, 2.75) is 17.2 Å². The SMILES string of the molecule is O=c1[nH]cc(CSCCC(Br)Oc2ccccc2)[nH]1. The standard InChI is InChI=1S/C13H15BrN2O2S/c14-12(18-11-4-2-1-3-5-11)6-7-19-9-10-8-15-13(17)16-10/h1-5,8,12H,6-7,9H2,(H2,15,16,17). The van der Waals surface area contributed by atoms with Crippen LogP contribution in [0.5, 0.6) is 5.75 Å². The minimum absolute atomic E-state index is 0.00711. The first-order valence-electron chi connectivity index (χ1n) is 5.94. The molecule has 2 rings (SSSR count). The fourth-order valence-corrected chi connectivity index (χ4v) is 3.16. The van der Waals surface area contributed by atoms with Crippen molar-refractivity contribution < 1.29 is 4.74 Å². The van der Waals surface area contributed by atoms with Gasteiger partial charge in [0.1, 0.15) is 5.75 Å². The van der Waals surface area contributed by atoms with Crippen LogP contribution in [0.25, 0.3) is 0 Å². The van der Waals surface area contributed by atoms with Crippen molar-refractivity contribution in [1.29, 1.82) is 0 Å². The molecule has 0 saturated heterocycles. The number of rotatable bonds is 7. The largest absolute Gasteiger partial charge is 0.479 e. The molecule has 1 unspecified atom stereocenters. The van der Waals surface area contributed by atoms with Crippen molar-refractivity contribution in [2.75, 3.05) is 5.75 Å². The lowest BCUT2D eigenvalue weighted by atomic mass is 10.3. The van der Waals surface area contributed by atoms with Gasteiger partial charge < -0.3 is 14.7 Å². The topological polar surface area (TPSA) is 57.9 Å². The molecule has 0 spiro atoms. The molecule has 0 aliphatic heterocycles. The van der Waals surface area contributed by atoms with Crippen molar-refractivity contribution >= 4 is 27.7 Å². The molecule has 0 amide bonds. The van der Waals surface area contributed by atoms with Crippen LogP contribution < -0.4 is 10.4 Å². The predicted octanol–water partition coefficient (Wildman–Crippen LogP) is 3.13. The highest BCUT2D eigenvalue weighted by molar-refractivity contribution is 9.09. The van der Waals surface area contributed by atoms with Crippen molar-refractivity contribution in [2.24, 2.45) is 0 Å². The monoisotopic (exact) mass is 342 g/mol. The maximum atomic E-state index is 10.9. The highest BCUT2D eigenvalue weighted by Crippen LogP contribution is 2.18. The van der Waals surface area contributed by atoms with E-state index in [1.54, 1.807) is 18.0 Å². The predicted molar refractivity (Wildman–Crippen MR) is 82.0 cm³/mol. The number of imidazole rings is 1. The second kappa shape index (κ2) is 7.45. The molecular formula is C13H15BrN2O2S. The van der Waals surface area contributed by atoms with Crippen LogP contribution in [-0.4, -0.2) is 20.7 Å². The van der Waals surface area contributed by atoms with Gasteiger partial charge in [-0.15, -0.1) is 0 Å². The summed E-state index contributed by atoms with van der Waals surface area (Å²) in [5, 5.41) is 0.00711. The third-order valence-electron chi connectivity index (χ3n) is 2.41. The number of thioether (sulfide) groups is 1. The zero-order chi connectivity index (χ0) is 13.5. The van der Waals surface area contributed by atoms with Crippen LogP contribution in [0, 0.1) is 0 Å². The molecule has 1 aromatic carbocycles. The number of aromatic nitrogens is 2. The Hall–Kier alpha value is -1.14. The Morgan fingerprint density at radius 1 is 1.32 bits per heavy atom. The minimum atomic E-state index is -0.152. The summed E-state index contributed by atoms with van der Waals surface area (Å²) in [6.07, 6.45) is 2.61. The Balaban J connectivity index is 1.64. The molecule has 1 atom stereocenters. The quantitative estimate of drug-likeness (QED) is 0.600. The third kappa shape index (κ3) is 5.16. The maximum absolute atomic E-state index is 10.9. The van der Waals surface area contributed by atoms with Crippen LogP contribution in [0.1, 0.15) is 12.1 Å². The number of hydrogen-bond donors (Lipinski definition) is 2. The van der Waals surface area contributed by atoms with Gasteiger partial charge in [0.05, 0.1) is 0 Å². The second-order valence-electron chi connectivity index (χ2n) is 3.95. The van der Waals surface area contributed by atoms with Crippen LogP contribution in [0.4, 0.5) is 0 Å². The van der Waals surface area contributed by atoms with E-state index in [1.807, 2.05) is 30.3 Å². The van der Waals surface area contributed by atoms with Gasteiger partial charge in [-0.05, 0) is 33.8 Å². The van der Waals surface area contributed by atoms with Gasteiger partial charge in [0, 0.05) is 24.1 Å². The number of benzene rings is 1. The summed E-state index contributed by atoms with van der Waals surface area (Å²) in [6.45, 7) is 0. The smallest absolute Gasteiger partial charge is 0.323 e.